The monoisotopic (exact) mass is 826 g/mol. The molecule has 0 aliphatic carbocycles. The number of hydrogen-bond acceptors (Lipinski definition) is 10. The smallest absolute Gasteiger partial charge is 0.249 e. The van der Waals surface area contributed by atoms with Crippen LogP contribution in [0, 0.1) is 0 Å². The number of carbonyl (C=O) groups is 1. The molecule has 1 saturated heterocycles. The van der Waals surface area contributed by atoms with E-state index in [0.717, 1.165) is 51.4 Å². The van der Waals surface area contributed by atoms with E-state index in [9.17, 15) is 40.5 Å². The summed E-state index contributed by atoms with van der Waals surface area (Å²) >= 11 is 0. The van der Waals surface area contributed by atoms with Gasteiger partial charge in [-0.25, -0.2) is 0 Å². The predicted octanol–water partition coefficient (Wildman–Crippen LogP) is 7.61. The zero-order valence-corrected chi connectivity index (χ0v) is 36.5. The van der Waals surface area contributed by atoms with Crippen LogP contribution in [-0.2, 0) is 14.3 Å². The second kappa shape index (κ2) is 37.1. The fraction of sp³-hybridized carbons (Fsp3) is 0.851. The number of ether oxygens (including phenoxy) is 2. The molecular formula is C47H87NO10. The Morgan fingerprint density at radius 1 is 0.603 bits per heavy atom. The fourth-order valence-corrected chi connectivity index (χ4v) is 7.30. The van der Waals surface area contributed by atoms with Gasteiger partial charge < -0.3 is 50.5 Å². The van der Waals surface area contributed by atoms with E-state index in [1.165, 1.54) is 89.9 Å². The number of hydrogen-bond donors (Lipinski definition) is 8. The molecule has 1 aliphatic rings. The first-order valence-electron chi connectivity index (χ1n) is 23.4. The highest BCUT2D eigenvalue weighted by atomic mass is 16.7. The van der Waals surface area contributed by atoms with Gasteiger partial charge >= 0.3 is 0 Å². The van der Waals surface area contributed by atoms with E-state index < -0.39 is 74.2 Å². The standard InChI is InChI=1S/C47H87NO10/c1-3-5-7-9-11-13-15-17-18-19-20-21-23-25-27-29-31-33-35-40(51)46(56)48-38(37-57-47-45(55)44(54)43(53)41(36-49)58-47)42(52)39(50)34-32-30-28-26-24-22-16-14-12-10-8-6-4-2/h6,8,14,16,26,28,38-45,47,49-55H,3-5,7,9-13,15,17-25,27,29-37H2,1-2H3,(H,48,56)/b8-6+,16-14+,28-26+. The molecule has 9 unspecified atom stereocenters. The molecule has 0 aromatic heterocycles. The summed E-state index contributed by atoms with van der Waals surface area (Å²) in [5.41, 5.74) is 0. The van der Waals surface area contributed by atoms with Crippen molar-refractivity contribution in [1.82, 2.24) is 5.32 Å². The van der Waals surface area contributed by atoms with Crippen LogP contribution in [0.3, 0.4) is 0 Å². The van der Waals surface area contributed by atoms with E-state index >= 15 is 0 Å². The van der Waals surface area contributed by atoms with Gasteiger partial charge in [-0.15, -0.1) is 0 Å². The van der Waals surface area contributed by atoms with Crippen molar-refractivity contribution in [3.8, 4) is 0 Å². The highest BCUT2D eigenvalue weighted by molar-refractivity contribution is 5.80. The molecule has 11 heteroatoms. The van der Waals surface area contributed by atoms with Crippen LogP contribution in [0.5, 0.6) is 0 Å². The summed E-state index contributed by atoms with van der Waals surface area (Å²) < 4.78 is 11.1. The molecule has 0 bridgehead atoms. The minimum atomic E-state index is -1.67. The Kier molecular flexibility index (Phi) is 34.8. The van der Waals surface area contributed by atoms with Crippen LogP contribution >= 0.6 is 0 Å². The molecule has 0 spiro atoms. The SMILES string of the molecule is CC/C=C/CC/C=C/CC/C=C/CCCC(O)C(O)C(COC1OC(CO)C(O)C(O)C1O)NC(=O)C(O)CCCCCCCCCCCCCCCCCCCC. The maximum absolute atomic E-state index is 13.1. The summed E-state index contributed by atoms with van der Waals surface area (Å²) in [6.45, 7) is 3.30. The van der Waals surface area contributed by atoms with E-state index in [0.29, 0.717) is 19.3 Å². The van der Waals surface area contributed by atoms with Gasteiger partial charge in [-0.1, -0.05) is 166 Å². The molecule has 1 aliphatic heterocycles. The summed E-state index contributed by atoms with van der Waals surface area (Å²) in [6, 6.07) is -1.19. The highest BCUT2D eigenvalue weighted by Crippen LogP contribution is 2.23. The first kappa shape index (κ1) is 54.3. The number of aliphatic hydroxyl groups is 7. The molecule has 9 atom stereocenters. The maximum atomic E-state index is 13.1. The van der Waals surface area contributed by atoms with Crippen molar-refractivity contribution in [3.05, 3.63) is 36.5 Å². The molecule has 1 heterocycles. The van der Waals surface area contributed by atoms with E-state index in [1.54, 1.807) is 0 Å². The fourth-order valence-electron chi connectivity index (χ4n) is 7.30. The van der Waals surface area contributed by atoms with Gasteiger partial charge in [-0.05, 0) is 57.8 Å². The van der Waals surface area contributed by atoms with Gasteiger partial charge in [0.1, 0.15) is 36.6 Å². The van der Waals surface area contributed by atoms with Crippen LogP contribution in [0.1, 0.15) is 187 Å². The molecule has 58 heavy (non-hydrogen) atoms. The normalized spacial score (nSPS) is 22.3. The van der Waals surface area contributed by atoms with Gasteiger partial charge in [-0.2, -0.15) is 0 Å². The Labute approximate surface area is 352 Å². The average molecular weight is 826 g/mol. The van der Waals surface area contributed by atoms with Crippen molar-refractivity contribution in [2.75, 3.05) is 13.2 Å². The van der Waals surface area contributed by atoms with Crippen LogP contribution in [0.4, 0.5) is 0 Å². The first-order valence-corrected chi connectivity index (χ1v) is 23.4. The molecule has 1 fully saturated rings. The lowest BCUT2D eigenvalue weighted by Crippen LogP contribution is -2.60. The maximum Gasteiger partial charge on any atom is 0.249 e. The number of rotatable bonds is 38. The lowest BCUT2D eigenvalue weighted by Gasteiger charge is -2.40. The average Bonchev–Trinajstić information content (AvgIpc) is 3.22. The van der Waals surface area contributed by atoms with Gasteiger partial charge in [0.05, 0.1) is 25.4 Å². The molecule has 0 saturated carbocycles. The molecule has 0 aromatic rings. The largest absolute Gasteiger partial charge is 0.394 e. The lowest BCUT2D eigenvalue weighted by atomic mass is 9.98. The van der Waals surface area contributed by atoms with Gasteiger partial charge in [0.25, 0.3) is 0 Å². The summed E-state index contributed by atoms with van der Waals surface area (Å²) in [6.07, 6.45) is 30.6. The minimum Gasteiger partial charge on any atom is -0.394 e. The van der Waals surface area contributed by atoms with E-state index in [4.69, 9.17) is 9.47 Å². The van der Waals surface area contributed by atoms with Crippen molar-refractivity contribution in [1.29, 1.82) is 0 Å². The van der Waals surface area contributed by atoms with Crippen molar-refractivity contribution >= 4 is 5.91 Å². The first-order chi connectivity index (χ1) is 28.2. The molecule has 1 amide bonds. The highest BCUT2D eigenvalue weighted by Gasteiger charge is 2.44. The molecule has 1 rings (SSSR count). The Morgan fingerprint density at radius 3 is 1.55 bits per heavy atom. The number of carbonyl (C=O) groups excluding carboxylic acids is 1. The zero-order valence-electron chi connectivity index (χ0n) is 36.5. The van der Waals surface area contributed by atoms with Gasteiger partial charge in [0.15, 0.2) is 6.29 Å². The summed E-state index contributed by atoms with van der Waals surface area (Å²) in [7, 11) is 0. The number of unbranched alkanes of at least 4 members (excludes halogenated alkanes) is 20. The molecule has 11 nitrogen and oxygen atoms in total. The van der Waals surface area contributed by atoms with Crippen LogP contribution in [0.15, 0.2) is 36.5 Å². The third kappa shape index (κ3) is 26.5. The quantitative estimate of drug-likeness (QED) is 0.0227. The Bertz CT molecular complexity index is 1040. The van der Waals surface area contributed by atoms with Crippen molar-refractivity contribution in [3.63, 3.8) is 0 Å². The number of nitrogens with one attached hydrogen (secondary N) is 1. The zero-order chi connectivity index (χ0) is 42.6. The van der Waals surface area contributed by atoms with Crippen molar-refractivity contribution in [2.24, 2.45) is 0 Å². The van der Waals surface area contributed by atoms with E-state index in [-0.39, 0.29) is 12.8 Å². The van der Waals surface area contributed by atoms with Crippen LogP contribution in [0.2, 0.25) is 0 Å². The predicted molar refractivity (Wildman–Crippen MR) is 233 cm³/mol. The number of aliphatic hydroxyl groups excluding tert-OH is 7. The van der Waals surface area contributed by atoms with E-state index in [2.05, 4.69) is 55.6 Å². The van der Waals surface area contributed by atoms with Crippen LogP contribution in [0.25, 0.3) is 0 Å². The molecular weight excluding hydrogens is 739 g/mol. The number of allylic oxidation sites excluding steroid dienone is 6. The third-order valence-corrected chi connectivity index (χ3v) is 11.2. The second-order valence-electron chi connectivity index (χ2n) is 16.4. The third-order valence-electron chi connectivity index (χ3n) is 11.2. The van der Waals surface area contributed by atoms with Crippen molar-refractivity contribution in [2.45, 2.75) is 242 Å². The van der Waals surface area contributed by atoms with Crippen molar-refractivity contribution < 1.29 is 50.0 Å². The van der Waals surface area contributed by atoms with Gasteiger partial charge in [0.2, 0.25) is 5.91 Å². The summed E-state index contributed by atoms with van der Waals surface area (Å²) in [5.74, 6) is -0.713. The molecule has 340 valence electrons. The van der Waals surface area contributed by atoms with Gasteiger partial charge in [-0.3, -0.25) is 4.79 Å². The minimum absolute atomic E-state index is 0.241. The second-order valence-corrected chi connectivity index (χ2v) is 16.4. The molecule has 0 aromatic carbocycles. The lowest BCUT2D eigenvalue weighted by molar-refractivity contribution is -0.303. The summed E-state index contributed by atoms with van der Waals surface area (Å²) in [5, 5.41) is 75.6. The Hall–Kier alpha value is -1.67. The Balaban J connectivity index is 2.45. The number of amides is 1. The summed E-state index contributed by atoms with van der Waals surface area (Å²) in [4.78, 5) is 13.1. The van der Waals surface area contributed by atoms with Crippen LogP contribution < -0.4 is 5.32 Å². The topological polar surface area (TPSA) is 189 Å². The van der Waals surface area contributed by atoms with E-state index in [1.807, 2.05) is 0 Å². The van der Waals surface area contributed by atoms with Gasteiger partial charge in [0, 0.05) is 0 Å². The Morgan fingerprint density at radius 2 is 1.07 bits per heavy atom. The molecule has 8 N–H and O–H groups in total. The molecule has 0 radical (unpaired) electrons. The van der Waals surface area contributed by atoms with Crippen LogP contribution in [-0.4, -0.2) is 110 Å².